The number of alkyl carbamates (subject to hydrolysis) is 1. The number of benzene rings is 1. The molecule has 1 aliphatic rings. The summed E-state index contributed by atoms with van der Waals surface area (Å²) in [4.78, 5) is 64.4. The van der Waals surface area contributed by atoms with Crippen LogP contribution in [0.3, 0.4) is 0 Å². The van der Waals surface area contributed by atoms with Crippen LogP contribution in [0.25, 0.3) is 0 Å². The molecule has 0 spiro atoms. The van der Waals surface area contributed by atoms with Crippen LogP contribution in [0.4, 0.5) is 4.79 Å². The number of hydrogen-bond acceptors (Lipinski definition) is 8. The van der Waals surface area contributed by atoms with Gasteiger partial charge in [0.15, 0.2) is 0 Å². The standard InChI is InChI=1S/C33H50N4O8/c1-8-43-27(38)15-14-25(19-24-16-17-34-29(24)39)35-30(40)26(18-21(2)3)36-31(41)28(22(4)45-33(5,6)7)37-32(42)44-20-23-12-10-9-11-13-23/h9-15,21-22,24-26,28H,8,16-20H2,1-7H3,(H,34,39)(H,35,40)(H,36,41)(H,37,42)/b15-14+/t22-,24?,25+,26-,28-/m0/s1. The van der Waals surface area contributed by atoms with Crippen LogP contribution < -0.4 is 21.3 Å². The molecule has 4 N–H and O–H groups in total. The Labute approximate surface area is 266 Å². The number of nitrogens with one attached hydrogen (secondary N) is 4. The Morgan fingerprint density at radius 3 is 2.27 bits per heavy atom. The van der Waals surface area contributed by atoms with Crippen molar-refractivity contribution in [3.05, 3.63) is 48.0 Å². The summed E-state index contributed by atoms with van der Waals surface area (Å²) in [5.41, 5.74) is 0.149. The molecule has 0 saturated carbocycles. The zero-order valence-corrected chi connectivity index (χ0v) is 27.5. The summed E-state index contributed by atoms with van der Waals surface area (Å²) in [6.07, 6.45) is 2.29. The maximum atomic E-state index is 13.7. The molecule has 0 radical (unpaired) electrons. The molecule has 1 fully saturated rings. The minimum absolute atomic E-state index is 0.00756. The van der Waals surface area contributed by atoms with Gasteiger partial charge in [-0.2, -0.15) is 0 Å². The number of rotatable bonds is 16. The third-order valence-electron chi connectivity index (χ3n) is 6.90. The van der Waals surface area contributed by atoms with Crippen LogP contribution in [-0.2, 0) is 40.0 Å². The Morgan fingerprint density at radius 1 is 1.00 bits per heavy atom. The number of carbonyl (C=O) groups excluding carboxylic acids is 5. The van der Waals surface area contributed by atoms with E-state index >= 15 is 0 Å². The largest absolute Gasteiger partial charge is 0.463 e. The lowest BCUT2D eigenvalue weighted by Crippen LogP contribution is -2.59. The average molecular weight is 631 g/mol. The highest BCUT2D eigenvalue weighted by Gasteiger charge is 2.35. The lowest BCUT2D eigenvalue weighted by molar-refractivity contribution is -0.137. The van der Waals surface area contributed by atoms with Gasteiger partial charge < -0.3 is 35.5 Å². The van der Waals surface area contributed by atoms with E-state index in [0.29, 0.717) is 13.0 Å². The van der Waals surface area contributed by atoms with Gasteiger partial charge in [0.05, 0.1) is 18.3 Å². The van der Waals surface area contributed by atoms with Crippen LogP contribution in [0, 0.1) is 11.8 Å². The second-order valence-corrected chi connectivity index (χ2v) is 12.5. The van der Waals surface area contributed by atoms with Gasteiger partial charge >= 0.3 is 12.1 Å². The van der Waals surface area contributed by atoms with Crippen LogP contribution in [-0.4, -0.2) is 72.8 Å². The zero-order valence-electron chi connectivity index (χ0n) is 27.5. The Morgan fingerprint density at radius 2 is 1.69 bits per heavy atom. The van der Waals surface area contributed by atoms with Crippen molar-refractivity contribution in [1.29, 1.82) is 0 Å². The van der Waals surface area contributed by atoms with Gasteiger partial charge in [-0.1, -0.05) is 50.3 Å². The maximum Gasteiger partial charge on any atom is 0.408 e. The van der Waals surface area contributed by atoms with Gasteiger partial charge in [-0.15, -0.1) is 0 Å². The number of amides is 4. The first-order valence-electron chi connectivity index (χ1n) is 15.6. The molecule has 45 heavy (non-hydrogen) atoms. The average Bonchev–Trinajstić information content (AvgIpc) is 3.36. The van der Waals surface area contributed by atoms with Crippen molar-refractivity contribution in [3.63, 3.8) is 0 Å². The van der Waals surface area contributed by atoms with Crippen molar-refractivity contribution in [2.45, 2.75) is 104 Å². The normalized spacial score (nSPS) is 17.6. The molecule has 1 aromatic rings. The molecule has 1 unspecified atom stereocenters. The molecule has 0 aliphatic carbocycles. The smallest absolute Gasteiger partial charge is 0.408 e. The second-order valence-electron chi connectivity index (χ2n) is 12.5. The minimum Gasteiger partial charge on any atom is -0.463 e. The first-order valence-corrected chi connectivity index (χ1v) is 15.6. The molecule has 2 rings (SSSR count). The molecule has 1 saturated heterocycles. The van der Waals surface area contributed by atoms with Gasteiger partial charge in [0, 0.05) is 24.6 Å². The van der Waals surface area contributed by atoms with E-state index in [0.717, 1.165) is 5.56 Å². The molecule has 1 heterocycles. The lowest BCUT2D eigenvalue weighted by Gasteiger charge is -2.32. The summed E-state index contributed by atoms with van der Waals surface area (Å²) < 4.78 is 16.3. The fourth-order valence-corrected chi connectivity index (χ4v) is 4.91. The third-order valence-corrected chi connectivity index (χ3v) is 6.90. The Bertz CT molecular complexity index is 1160. The summed E-state index contributed by atoms with van der Waals surface area (Å²) >= 11 is 0. The van der Waals surface area contributed by atoms with Gasteiger partial charge in [-0.25, -0.2) is 9.59 Å². The van der Waals surface area contributed by atoms with Crippen LogP contribution >= 0.6 is 0 Å². The van der Waals surface area contributed by atoms with Crippen molar-refractivity contribution in [1.82, 2.24) is 21.3 Å². The molecule has 1 aliphatic heterocycles. The number of hydrogen-bond donors (Lipinski definition) is 4. The highest BCUT2D eigenvalue weighted by atomic mass is 16.6. The molecule has 0 aromatic heterocycles. The van der Waals surface area contributed by atoms with Gasteiger partial charge in [0.1, 0.15) is 18.7 Å². The van der Waals surface area contributed by atoms with Crippen LogP contribution in [0.2, 0.25) is 0 Å². The van der Waals surface area contributed by atoms with Gasteiger partial charge in [-0.05, 0) is 65.4 Å². The Balaban J connectivity index is 2.22. The van der Waals surface area contributed by atoms with E-state index in [1.807, 2.05) is 65.0 Å². The predicted molar refractivity (Wildman–Crippen MR) is 169 cm³/mol. The van der Waals surface area contributed by atoms with Crippen molar-refractivity contribution in [2.75, 3.05) is 13.2 Å². The van der Waals surface area contributed by atoms with E-state index in [2.05, 4.69) is 21.3 Å². The first kappa shape index (κ1) is 37.3. The predicted octanol–water partition coefficient (Wildman–Crippen LogP) is 3.15. The van der Waals surface area contributed by atoms with E-state index in [9.17, 15) is 24.0 Å². The fraction of sp³-hybridized carbons (Fsp3) is 0.606. The van der Waals surface area contributed by atoms with Crippen molar-refractivity contribution in [2.24, 2.45) is 11.8 Å². The Hall–Kier alpha value is -3.93. The molecule has 1 aromatic carbocycles. The van der Waals surface area contributed by atoms with Gasteiger partial charge in [-0.3, -0.25) is 14.4 Å². The topological polar surface area (TPSA) is 161 Å². The molecule has 4 amide bonds. The molecular weight excluding hydrogens is 580 g/mol. The monoisotopic (exact) mass is 630 g/mol. The van der Waals surface area contributed by atoms with Crippen LogP contribution in [0.15, 0.2) is 42.5 Å². The quantitative estimate of drug-likeness (QED) is 0.160. The van der Waals surface area contributed by atoms with Gasteiger partial charge in [0.25, 0.3) is 0 Å². The van der Waals surface area contributed by atoms with E-state index in [1.165, 1.54) is 12.2 Å². The molecule has 5 atom stereocenters. The lowest BCUT2D eigenvalue weighted by atomic mass is 9.96. The highest BCUT2D eigenvalue weighted by Crippen LogP contribution is 2.18. The van der Waals surface area contributed by atoms with Crippen LogP contribution in [0.1, 0.15) is 73.3 Å². The molecular formula is C33H50N4O8. The number of esters is 1. The number of carbonyl (C=O) groups is 5. The van der Waals surface area contributed by atoms with E-state index < -0.39 is 53.7 Å². The van der Waals surface area contributed by atoms with E-state index in [1.54, 1.807) is 13.8 Å². The van der Waals surface area contributed by atoms with Crippen molar-refractivity contribution in [3.8, 4) is 0 Å². The summed E-state index contributed by atoms with van der Waals surface area (Å²) in [6.45, 7) is 13.4. The summed E-state index contributed by atoms with van der Waals surface area (Å²) in [5, 5.41) is 11.1. The van der Waals surface area contributed by atoms with Crippen molar-refractivity contribution >= 4 is 29.8 Å². The first-order chi connectivity index (χ1) is 21.2. The second kappa shape index (κ2) is 18.1. The summed E-state index contributed by atoms with van der Waals surface area (Å²) in [7, 11) is 0. The molecule has 250 valence electrons. The molecule has 0 bridgehead atoms. The fourth-order valence-electron chi connectivity index (χ4n) is 4.91. The highest BCUT2D eigenvalue weighted by molar-refractivity contribution is 5.92. The minimum atomic E-state index is -1.18. The van der Waals surface area contributed by atoms with Crippen LogP contribution in [0.5, 0.6) is 0 Å². The third kappa shape index (κ3) is 14.1. The summed E-state index contributed by atoms with van der Waals surface area (Å²) in [6, 6.07) is 6.28. The Kier molecular flexibility index (Phi) is 15.0. The van der Waals surface area contributed by atoms with Crippen molar-refractivity contribution < 1.29 is 38.2 Å². The van der Waals surface area contributed by atoms with E-state index in [-0.39, 0.29) is 43.8 Å². The maximum absolute atomic E-state index is 13.7. The summed E-state index contributed by atoms with van der Waals surface area (Å²) in [5.74, 6) is -2.14. The molecule has 12 nitrogen and oxygen atoms in total. The zero-order chi connectivity index (χ0) is 33.6. The molecule has 12 heteroatoms. The van der Waals surface area contributed by atoms with E-state index in [4.69, 9.17) is 14.2 Å². The SMILES string of the molecule is CCOC(=O)/C=C/[C@H](CC1CCNC1=O)NC(=O)[C@H](CC(C)C)NC(=O)[C@@H](NC(=O)OCc1ccccc1)[C@H](C)OC(C)(C)C. The van der Waals surface area contributed by atoms with Gasteiger partial charge in [0.2, 0.25) is 17.7 Å². The number of ether oxygens (including phenoxy) is 3.